The maximum Gasteiger partial charge on any atom is 0.0912 e. The molecule has 0 amide bonds. The predicted molar refractivity (Wildman–Crippen MR) is 86.5 cm³/mol. The molecule has 0 aliphatic carbocycles. The van der Waals surface area contributed by atoms with E-state index >= 15 is 0 Å². The summed E-state index contributed by atoms with van der Waals surface area (Å²) in [7, 11) is 1.86. The number of aliphatic hydroxyl groups excluding tert-OH is 1. The number of likely N-dealkylation sites (N-methyl/N-ethyl adjacent to an activating group) is 1. The zero-order chi connectivity index (χ0) is 14.7. The van der Waals surface area contributed by atoms with E-state index in [2.05, 4.69) is 46.4 Å². The first kappa shape index (κ1) is 13.9. The number of hydrogen-bond donors (Lipinski definition) is 2. The van der Waals surface area contributed by atoms with Crippen LogP contribution in [0.4, 0.5) is 0 Å². The monoisotopic (exact) mass is 280 g/mol. The first-order chi connectivity index (χ1) is 10.3. The van der Waals surface area contributed by atoms with Crippen molar-refractivity contribution >= 4 is 10.9 Å². The van der Waals surface area contributed by atoms with Gasteiger partial charge in [-0.25, -0.2) is 0 Å². The van der Waals surface area contributed by atoms with E-state index in [-0.39, 0.29) is 6.04 Å². The maximum atomic E-state index is 10.6. The number of hydrogen-bond acceptors (Lipinski definition) is 2. The summed E-state index contributed by atoms with van der Waals surface area (Å²) in [5, 5.41) is 14.9. The summed E-state index contributed by atoms with van der Waals surface area (Å²) in [4.78, 5) is 0. The molecule has 0 saturated carbocycles. The third-order valence-electron chi connectivity index (χ3n) is 3.85. The normalized spacial score (nSPS) is 14.2. The summed E-state index contributed by atoms with van der Waals surface area (Å²) < 4.78 is 2.16. The second kappa shape index (κ2) is 6.12. The molecular weight excluding hydrogens is 260 g/mol. The second-order valence-electron chi connectivity index (χ2n) is 5.26. The van der Waals surface area contributed by atoms with Crippen molar-refractivity contribution in [3.05, 3.63) is 72.4 Å². The number of nitrogens with one attached hydrogen (secondary N) is 1. The lowest BCUT2D eigenvalue weighted by Crippen LogP contribution is -2.33. The molecule has 3 rings (SSSR count). The van der Waals surface area contributed by atoms with Gasteiger partial charge < -0.3 is 15.0 Å². The van der Waals surface area contributed by atoms with Crippen LogP contribution in [0.5, 0.6) is 0 Å². The van der Waals surface area contributed by atoms with Gasteiger partial charge in [0.1, 0.15) is 0 Å². The largest absolute Gasteiger partial charge is 0.389 e. The highest BCUT2D eigenvalue weighted by atomic mass is 16.3. The number of nitrogens with zero attached hydrogens (tertiary/aromatic N) is 1. The van der Waals surface area contributed by atoms with Crippen LogP contribution in [0.25, 0.3) is 10.9 Å². The minimum absolute atomic E-state index is 0.0986. The Balaban J connectivity index is 2.11. The Morgan fingerprint density at radius 3 is 2.48 bits per heavy atom. The lowest BCUT2D eigenvalue weighted by atomic mass is 10.0. The summed E-state index contributed by atoms with van der Waals surface area (Å²) in [5.41, 5.74) is 2.25. The van der Waals surface area contributed by atoms with Gasteiger partial charge >= 0.3 is 0 Å². The van der Waals surface area contributed by atoms with Crippen molar-refractivity contribution in [1.82, 2.24) is 9.88 Å². The van der Waals surface area contributed by atoms with E-state index in [0.717, 1.165) is 11.1 Å². The molecule has 3 heteroatoms. The zero-order valence-corrected chi connectivity index (χ0v) is 12.1. The number of para-hydroxylation sites is 1. The molecule has 3 aromatic rings. The van der Waals surface area contributed by atoms with Gasteiger partial charge in [-0.05, 0) is 30.1 Å². The summed E-state index contributed by atoms with van der Waals surface area (Å²) >= 11 is 0. The molecule has 0 radical (unpaired) electrons. The van der Waals surface area contributed by atoms with Gasteiger partial charge in [0.25, 0.3) is 0 Å². The van der Waals surface area contributed by atoms with Crippen LogP contribution < -0.4 is 5.32 Å². The first-order valence-electron chi connectivity index (χ1n) is 7.24. The number of fused-ring (bicyclic) bond motifs is 1. The second-order valence-corrected chi connectivity index (χ2v) is 5.26. The lowest BCUT2D eigenvalue weighted by molar-refractivity contribution is 0.132. The molecule has 0 spiro atoms. The van der Waals surface area contributed by atoms with Crippen molar-refractivity contribution in [3.63, 3.8) is 0 Å². The van der Waals surface area contributed by atoms with Gasteiger partial charge in [0.05, 0.1) is 12.1 Å². The van der Waals surface area contributed by atoms with Crippen molar-refractivity contribution in [2.24, 2.45) is 0 Å². The number of rotatable bonds is 5. The molecule has 2 atom stereocenters. The fourth-order valence-electron chi connectivity index (χ4n) is 2.89. The standard InChI is InChI=1S/C18H20N2O/c1-19-13-17(21)18(15-8-3-2-4-9-15)20-12-11-14-7-5-6-10-16(14)20/h2-12,17-19,21H,13H2,1H3/t17-,18+/m0/s1. The van der Waals surface area contributed by atoms with Gasteiger partial charge in [-0.15, -0.1) is 0 Å². The van der Waals surface area contributed by atoms with Gasteiger partial charge in [0.15, 0.2) is 0 Å². The van der Waals surface area contributed by atoms with Crippen LogP contribution in [-0.2, 0) is 0 Å². The molecule has 1 heterocycles. The highest BCUT2D eigenvalue weighted by molar-refractivity contribution is 5.80. The van der Waals surface area contributed by atoms with E-state index in [0.29, 0.717) is 6.54 Å². The van der Waals surface area contributed by atoms with Crippen molar-refractivity contribution < 1.29 is 5.11 Å². The van der Waals surface area contributed by atoms with Gasteiger partial charge in [-0.2, -0.15) is 0 Å². The van der Waals surface area contributed by atoms with E-state index in [9.17, 15) is 5.11 Å². The molecule has 3 nitrogen and oxygen atoms in total. The minimum Gasteiger partial charge on any atom is -0.389 e. The SMILES string of the molecule is CNC[C@H](O)[C@@H](c1ccccc1)n1ccc2ccccc21. The van der Waals surface area contributed by atoms with Gasteiger partial charge in [0, 0.05) is 18.3 Å². The van der Waals surface area contributed by atoms with E-state index in [4.69, 9.17) is 0 Å². The summed E-state index contributed by atoms with van der Waals surface area (Å²) in [6.07, 6.45) is 1.56. The third kappa shape index (κ3) is 2.71. The Morgan fingerprint density at radius 2 is 1.71 bits per heavy atom. The lowest BCUT2D eigenvalue weighted by Gasteiger charge is -2.26. The molecule has 0 saturated heterocycles. The van der Waals surface area contributed by atoms with Crippen molar-refractivity contribution in [1.29, 1.82) is 0 Å². The topological polar surface area (TPSA) is 37.2 Å². The van der Waals surface area contributed by atoms with Crippen LogP contribution in [0.3, 0.4) is 0 Å². The van der Waals surface area contributed by atoms with Crippen LogP contribution in [0, 0.1) is 0 Å². The highest BCUT2D eigenvalue weighted by Gasteiger charge is 2.23. The van der Waals surface area contributed by atoms with Crippen LogP contribution in [-0.4, -0.2) is 29.4 Å². The molecule has 0 unspecified atom stereocenters. The third-order valence-corrected chi connectivity index (χ3v) is 3.85. The zero-order valence-electron chi connectivity index (χ0n) is 12.1. The minimum atomic E-state index is -0.492. The molecule has 0 aliphatic heterocycles. The first-order valence-corrected chi connectivity index (χ1v) is 7.24. The predicted octanol–water partition coefficient (Wildman–Crippen LogP) is 2.81. The number of benzene rings is 2. The Bertz CT molecular complexity index is 705. The molecule has 2 aromatic carbocycles. The Kier molecular flexibility index (Phi) is 4.04. The van der Waals surface area contributed by atoms with Crippen LogP contribution in [0.15, 0.2) is 66.9 Å². The molecule has 0 aliphatic rings. The molecule has 0 bridgehead atoms. The van der Waals surface area contributed by atoms with E-state index in [1.165, 1.54) is 5.39 Å². The van der Waals surface area contributed by atoms with E-state index in [1.54, 1.807) is 0 Å². The van der Waals surface area contributed by atoms with Crippen LogP contribution >= 0.6 is 0 Å². The van der Waals surface area contributed by atoms with Gasteiger partial charge in [0.2, 0.25) is 0 Å². The van der Waals surface area contributed by atoms with Crippen molar-refractivity contribution in [2.45, 2.75) is 12.1 Å². The van der Waals surface area contributed by atoms with E-state index < -0.39 is 6.10 Å². The average Bonchev–Trinajstić information content (AvgIpc) is 2.93. The van der Waals surface area contributed by atoms with E-state index in [1.807, 2.05) is 37.4 Å². The number of aromatic nitrogens is 1. The maximum absolute atomic E-state index is 10.6. The van der Waals surface area contributed by atoms with Crippen molar-refractivity contribution in [2.75, 3.05) is 13.6 Å². The van der Waals surface area contributed by atoms with Gasteiger partial charge in [-0.3, -0.25) is 0 Å². The summed E-state index contributed by atoms with van der Waals surface area (Å²) in [6.45, 7) is 0.548. The smallest absolute Gasteiger partial charge is 0.0912 e. The average molecular weight is 280 g/mol. The fraction of sp³-hybridized carbons (Fsp3) is 0.222. The Morgan fingerprint density at radius 1 is 1.00 bits per heavy atom. The Labute approximate surface area is 124 Å². The molecule has 108 valence electrons. The fourth-order valence-corrected chi connectivity index (χ4v) is 2.89. The summed E-state index contributed by atoms with van der Waals surface area (Å²) in [6, 6.07) is 20.4. The van der Waals surface area contributed by atoms with Crippen LogP contribution in [0.1, 0.15) is 11.6 Å². The molecular formula is C18H20N2O. The molecule has 21 heavy (non-hydrogen) atoms. The van der Waals surface area contributed by atoms with Crippen LogP contribution in [0.2, 0.25) is 0 Å². The quantitative estimate of drug-likeness (QED) is 0.754. The van der Waals surface area contributed by atoms with Crippen molar-refractivity contribution in [3.8, 4) is 0 Å². The molecule has 2 N–H and O–H groups in total. The number of aliphatic hydroxyl groups is 1. The van der Waals surface area contributed by atoms with Gasteiger partial charge in [-0.1, -0.05) is 48.5 Å². The summed E-state index contributed by atoms with van der Waals surface area (Å²) in [5.74, 6) is 0. The molecule has 0 fully saturated rings. The molecule has 1 aromatic heterocycles. The highest BCUT2D eigenvalue weighted by Crippen LogP contribution is 2.27. The Hall–Kier alpha value is -2.10.